The van der Waals surface area contributed by atoms with Crippen molar-refractivity contribution in [1.82, 2.24) is 0 Å². The summed E-state index contributed by atoms with van der Waals surface area (Å²) < 4.78 is 10.7. The fourth-order valence-corrected chi connectivity index (χ4v) is 2.11. The lowest BCUT2D eigenvalue weighted by atomic mass is 9.92. The summed E-state index contributed by atoms with van der Waals surface area (Å²) in [5.41, 5.74) is -1.52. The first kappa shape index (κ1) is 11.1. The third kappa shape index (κ3) is 3.34. The van der Waals surface area contributed by atoms with E-state index in [9.17, 15) is 4.57 Å². The van der Waals surface area contributed by atoms with E-state index in [4.69, 9.17) is 14.9 Å². The van der Waals surface area contributed by atoms with Crippen LogP contribution in [-0.2, 0) is 4.57 Å². The zero-order valence-electron chi connectivity index (χ0n) is 6.98. The van der Waals surface area contributed by atoms with Crippen LogP contribution in [0.4, 0.5) is 0 Å². The molecule has 4 nitrogen and oxygen atoms in total. The molecule has 0 heterocycles. The number of aliphatic hydroxyl groups is 1. The molecule has 1 unspecified atom stereocenters. The van der Waals surface area contributed by atoms with Gasteiger partial charge in [0.1, 0.15) is 0 Å². The van der Waals surface area contributed by atoms with Crippen LogP contribution in [-0.4, -0.2) is 27.2 Å². The Bertz CT molecular complexity index is 166. The molecule has 0 saturated carbocycles. The average Bonchev–Trinajstić information content (AvgIpc) is 1.56. The minimum atomic E-state index is -4.15. The molecule has 0 aliphatic carbocycles. The fraction of sp³-hybridized carbons (Fsp3) is 1.00. The van der Waals surface area contributed by atoms with Gasteiger partial charge < -0.3 is 14.9 Å². The highest BCUT2D eigenvalue weighted by atomic mass is 31.2. The summed E-state index contributed by atoms with van der Waals surface area (Å²) in [5.74, 6) is 0. The third-order valence-corrected chi connectivity index (χ3v) is 3.33. The van der Waals surface area contributed by atoms with Crippen LogP contribution in [0.15, 0.2) is 0 Å². The number of hydrogen-bond donors (Lipinski definition) is 3. The van der Waals surface area contributed by atoms with Crippen molar-refractivity contribution in [1.29, 1.82) is 0 Å². The van der Waals surface area contributed by atoms with Gasteiger partial charge >= 0.3 is 7.60 Å². The van der Waals surface area contributed by atoms with Gasteiger partial charge in [0.25, 0.3) is 0 Å². The summed E-state index contributed by atoms with van der Waals surface area (Å²) in [5, 5.41) is 8.71. The van der Waals surface area contributed by atoms with Crippen LogP contribution in [0, 0.1) is 5.41 Å². The van der Waals surface area contributed by atoms with Crippen molar-refractivity contribution in [3.05, 3.63) is 0 Å². The first-order valence-electron chi connectivity index (χ1n) is 3.35. The maximum atomic E-state index is 10.7. The van der Waals surface area contributed by atoms with Gasteiger partial charge in [0, 0.05) is 0 Å². The van der Waals surface area contributed by atoms with E-state index in [2.05, 4.69) is 0 Å². The lowest BCUT2D eigenvalue weighted by Gasteiger charge is -2.29. The summed E-state index contributed by atoms with van der Waals surface area (Å²) >= 11 is 0. The van der Waals surface area contributed by atoms with Crippen molar-refractivity contribution < 1.29 is 19.5 Å². The van der Waals surface area contributed by atoms with E-state index < -0.39 is 25.3 Å². The largest absolute Gasteiger partial charge is 0.395 e. The van der Waals surface area contributed by atoms with Crippen molar-refractivity contribution in [3.8, 4) is 0 Å². The molecular formula is C6H15O4P. The summed E-state index contributed by atoms with van der Waals surface area (Å²) in [6, 6.07) is 0. The highest BCUT2D eigenvalue weighted by molar-refractivity contribution is 7.52. The van der Waals surface area contributed by atoms with Gasteiger partial charge in [-0.15, -0.1) is 0 Å². The van der Waals surface area contributed by atoms with E-state index in [-0.39, 0.29) is 0 Å². The minimum absolute atomic E-state index is 0.478. The van der Waals surface area contributed by atoms with Crippen LogP contribution in [0.3, 0.4) is 0 Å². The quantitative estimate of drug-likeness (QED) is 0.545. The Kier molecular flexibility index (Phi) is 3.27. The van der Waals surface area contributed by atoms with E-state index in [0.29, 0.717) is 0 Å². The maximum Gasteiger partial charge on any atom is 0.331 e. The van der Waals surface area contributed by atoms with Gasteiger partial charge in [0.15, 0.2) is 0 Å². The predicted molar refractivity (Wildman–Crippen MR) is 42.4 cm³/mol. The first-order chi connectivity index (χ1) is 4.69. The molecule has 68 valence electrons. The van der Waals surface area contributed by atoms with Crippen LogP contribution < -0.4 is 0 Å². The molecule has 0 aliphatic rings. The van der Waals surface area contributed by atoms with Crippen molar-refractivity contribution in [2.45, 2.75) is 26.4 Å². The van der Waals surface area contributed by atoms with Gasteiger partial charge in [-0.2, -0.15) is 0 Å². The standard InChI is InChI=1S/C6H15O4P/c1-6(2,3)5(4-7)11(8,9)10/h5,7H,4H2,1-3H3,(H2,8,9,10). The molecule has 0 radical (unpaired) electrons. The van der Waals surface area contributed by atoms with E-state index in [1.165, 1.54) is 0 Å². The molecule has 0 aromatic carbocycles. The van der Waals surface area contributed by atoms with Crippen molar-refractivity contribution in [2.24, 2.45) is 5.41 Å². The van der Waals surface area contributed by atoms with E-state index in [0.717, 1.165) is 0 Å². The van der Waals surface area contributed by atoms with Gasteiger partial charge in [-0.3, -0.25) is 4.57 Å². The van der Waals surface area contributed by atoms with E-state index in [1.807, 2.05) is 0 Å². The average molecular weight is 182 g/mol. The van der Waals surface area contributed by atoms with Gasteiger partial charge in [0.2, 0.25) is 0 Å². The fourth-order valence-electron chi connectivity index (χ4n) is 0.885. The molecule has 0 aliphatic heterocycles. The summed E-state index contributed by atoms with van der Waals surface area (Å²) in [6.07, 6.45) is 0. The molecule has 0 aromatic heterocycles. The van der Waals surface area contributed by atoms with Crippen LogP contribution in [0.2, 0.25) is 0 Å². The third-order valence-electron chi connectivity index (χ3n) is 1.58. The molecule has 0 amide bonds. The molecular weight excluding hydrogens is 167 g/mol. The zero-order chi connectivity index (χ0) is 9.28. The lowest BCUT2D eigenvalue weighted by Crippen LogP contribution is -2.29. The molecule has 11 heavy (non-hydrogen) atoms. The Morgan fingerprint density at radius 1 is 1.36 bits per heavy atom. The van der Waals surface area contributed by atoms with Crippen LogP contribution in [0.1, 0.15) is 20.8 Å². The second-order valence-corrected chi connectivity index (χ2v) is 5.46. The van der Waals surface area contributed by atoms with Gasteiger partial charge in [-0.05, 0) is 5.41 Å². The van der Waals surface area contributed by atoms with Crippen LogP contribution in [0.5, 0.6) is 0 Å². The Morgan fingerprint density at radius 2 is 1.73 bits per heavy atom. The van der Waals surface area contributed by atoms with Gasteiger partial charge in [0.05, 0.1) is 12.3 Å². The maximum absolute atomic E-state index is 10.7. The smallest absolute Gasteiger partial charge is 0.331 e. The molecule has 1 atom stereocenters. The molecule has 0 bridgehead atoms. The van der Waals surface area contributed by atoms with E-state index >= 15 is 0 Å². The summed E-state index contributed by atoms with van der Waals surface area (Å²) in [4.78, 5) is 17.5. The molecule has 0 aromatic rings. The molecule has 0 saturated heterocycles. The topological polar surface area (TPSA) is 77.8 Å². The zero-order valence-corrected chi connectivity index (χ0v) is 7.88. The molecule has 0 rings (SSSR count). The Hall–Kier alpha value is 0.110. The molecule has 0 fully saturated rings. The monoisotopic (exact) mass is 182 g/mol. The highest BCUT2D eigenvalue weighted by Gasteiger charge is 2.37. The second-order valence-electron chi connectivity index (χ2n) is 3.65. The highest BCUT2D eigenvalue weighted by Crippen LogP contribution is 2.49. The summed E-state index contributed by atoms with van der Waals surface area (Å²) in [7, 11) is -4.15. The van der Waals surface area contributed by atoms with Gasteiger partial charge in [-0.1, -0.05) is 20.8 Å². The SMILES string of the molecule is CC(C)(C)C(CO)P(=O)(O)O. The lowest BCUT2D eigenvalue weighted by molar-refractivity contribution is 0.202. The summed E-state index contributed by atoms with van der Waals surface area (Å²) in [6.45, 7) is 4.58. The Balaban J connectivity index is 4.57. The Labute approximate surface area is 66.4 Å². The number of hydrogen-bond acceptors (Lipinski definition) is 2. The normalized spacial score (nSPS) is 16.5. The van der Waals surface area contributed by atoms with Crippen LogP contribution in [0.25, 0.3) is 0 Å². The minimum Gasteiger partial charge on any atom is -0.395 e. The molecule has 5 heteroatoms. The van der Waals surface area contributed by atoms with Crippen molar-refractivity contribution >= 4 is 7.60 Å². The van der Waals surface area contributed by atoms with Gasteiger partial charge in [-0.25, -0.2) is 0 Å². The number of aliphatic hydroxyl groups excluding tert-OH is 1. The van der Waals surface area contributed by atoms with Crippen molar-refractivity contribution in [2.75, 3.05) is 6.61 Å². The van der Waals surface area contributed by atoms with E-state index in [1.54, 1.807) is 20.8 Å². The second kappa shape index (κ2) is 3.23. The Morgan fingerprint density at radius 3 is 1.73 bits per heavy atom. The molecule has 3 N–H and O–H groups in total. The van der Waals surface area contributed by atoms with Crippen LogP contribution >= 0.6 is 7.60 Å². The first-order valence-corrected chi connectivity index (χ1v) is 5.04. The van der Waals surface area contributed by atoms with Crippen molar-refractivity contribution in [3.63, 3.8) is 0 Å². The predicted octanol–water partition coefficient (Wildman–Crippen LogP) is 0.571. The number of rotatable bonds is 2. The molecule has 0 spiro atoms.